The lowest BCUT2D eigenvalue weighted by atomic mass is 10.2. The van der Waals surface area contributed by atoms with Gasteiger partial charge >= 0.3 is 5.97 Å². The average molecular weight is 226 g/mol. The van der Waals surface area contributed by atoms with E-state index in [1.807, 2.05) is 0 Å². The Bertz CT molecular complexity index is 303. The van der Waals surface area contributed by atoms with Crippen molar-refractivity contribution >= 4 is 16.1 Å². The maximum absolute atomic E-state index is 10.8. The van der Waals surface area contributed by atoms with Crippen LogP contribution in [0.3, 0.4) is 0 Å². The summed E-state index contributed by atoms with van der Waals surface area (Å²) in [7, 11) is 0.880. The Hall–Kier alpha value is -0.660. The predicted molar refractivity (Wildman–Crippen MR) is 50.5 cm³/mol. The molecule has 6 nitrogen and oxygen atoms in total. The number of nitrogens with zero attached hydrogens (tertiary/aromatic N) is 1. The third kappa shape index (κ3) is 5.15. The van der Waals surface area contributed by atoms with Crippen LogP contribution in [0.4, 0.5) is 0 Å². The van der Waals surface area contributed by atoms with Crippen LogP contribution in [0.15, 0.2) is 0 Å². The van der Waals surface area contributed by atoms with Crippen LogP contribution in [0.2, 0.25) is 0 Å². The molecule has 0 heterocycles. The molecule has 7 heteroatoms. The van der Waals surface area contributed by atoms with Crippen molar-refractivity contribution in [2.45, 2.75) is 12.5 Å². The Labute approximate surface area is 83.5 Å². The Balaban J connectivity index is 4.50. The van der Waals surface area contributed by atoms with Crippen molar-refractivity contribution in [1.82, 2.24) is 0 Å². The van der Waals surface area contributed by atoms with Crippen LogP contribution < -0.4 is 0 Å². The van der Waals surface area contributed by atoms with E-state index in [2.05, 4.69) is 0 Å². The molecule has 0 bridgehead atoms. The van der Waals surface area contributed by atoms with Gasteiger partial charge in [0.25, 0.3) is 10.1 Å². The number of rotatable bonds is 5. The number of quaternary nitrogens is 1. The molecular formula is C7H16NO5S+. The van der Waals surface area contributed by atoms with E-state index in [1.54, 1.807) is 21.1 Å². The number of carboxylic acids is 1. The smallest absolute Gasteiger partial charge is 0.362 e. The van der Waals surface area contributed by atoms with E-state index in [1.165, 1.54) is 0 Å². The highest BCUT2D eigenvalue weighted by molar-refractivity contribution is 7.85. The first-order valence-corrected chi connectivity index (χ1v) is 5.64. The summed E-state index contributed by atoms with van der Waals surface area (Å²) in [6.07, 6.45) is -0.0995. The second kappa shape index (κ2) is 4.24. The minimum absolute atomic E-state index is 0.0995. The number of aliphatic carboxylic acids is 1. The number of likely N-dealkylation sites (N-methyl/N-ethyl adjacent to an activating group) is 1. The van der Waals surface area contributed by atoms with Gasteiger partial charge in [-0.1, -0.05) is 0 Å². The molecule has 0 spiro atoms. The Kier molecular flexibility index (Phi) is 4.04. The predicted octanol–water partition coefficient (Wildman–Crippen LogP) is -0.576. The molecule has 0 radical (unpaired) electrons. The van der Waals surface area contributed by atoms with Crippen molar-refractivity contribution in [1.29, 1.82) is 0 Å². The van der Waals surface area contributed by atoms with Gasteiger partial charge in [0.1, 0.15) is 0 Å². The molecule has 0 aromatic heterocycles. The van der Waals surface area contributed by atoms with Gasteiger partial charge in [-0.2, -0.15) is 8.42 Å². The Morgan fingerprint density at radius 2 is 1.79 bits per heavy atom. The SMILES string of the molecule is C[N+](C)(C)C(CCS(=O)(=O)O)C(=O)O. The van der Waals surface area contributed by atoms with Crippen molar-refractivity contribution < 1.29 is 27.4 Å². The van der Waals surface area contributed by atoms with Crippen molar-refractivity contribution in [3.05, 3.63) is 0 Å². The van der Waals surface area contributed by atoms with Gasteiger partial charge in [0.2, 0.25) is 0 Å². The summed E-state index contributed by atoms with van der Waals surface area (Å²) in [5.41, 5.74) is 0. The summed E-state index contributed by atoms with van der Waals surface area (Å²) >= 11 is 0. The largest absolute Gasteiger partial charge is 0.477 e. The molecule has 0 aliphatic heterocycles. The first-order valence-electron chi connectivity index (χ1n) is 4.03. The van der Waals surface area contributed by atoms with Crippen molar-refractivity contribution in [3.63, 3.8) is 0 Å². The van der Waals surface area contributed by atoms with Crippen LogP contribution in [0.25, 0.3) is 0 Å². The fourth-order valence-electron chi connectivity index (χ4n) is 1.10. The fraction of sp³-hybridized carbons (Fsp3) is 0.857. The number of carboxylic acid groups (broad SMARTS) is 1. The molecule has 84 valence electrons. The molecule has 0 aromatic rings. The second-order valence-electron chi connectivity index (χ2n) is 4.04. The van der Waals surface area contributed by atoms with E-state index < -0.39 is 27.9 Å². The number of carbonyl (C=O) groups is 1. The van der Waals surface area contributed by atoms with Crippen molar-refractivity contribution in [2.75, 3.05) is 26.9 Å². The van der Waals surface area contributed by atoms with E-state index in [0.29, 0.717) is 0 Å². The highest BCUT2D eigenvalue weighted by atomic mass is 32.2. The summed E-state index contributed by atoms with van der Waals surface area (Å²) in [5.74, 6) is -1.60. The van der Waals surface area contributed by atoms with Crippen LogP contribution >= 0.6 is 0 Å². The van der Waals surface area contributed by atoms with Gasteiger partial charge in [0.15, 0.2) is 6.04 Å². The van der Waals surface area contributed by atoms with Gasteiger partial charge in [0, 0.05) is 6.42 Å². The summed E-state index contributed by atoms with van der Waals surface area (Å²) < 4.78 is 29.5. The molecule has 0 saturated carbocycles. The van der Waals surface area contributed by atoms with Crippen LogP contribution in [-0.2, 0) is 14.9 Å². The molecule has 0 aliphatic rings. The molecule has 14 heavy (non-hydrogen) atoms. The van der Waals surface area contributed by atoms with Gasteiger partial charge < -0.3 is 9.59 Å². The summed E-state index contributed by atoms with van der Waals surface area (Å²) in [6.45, 7) is 0. The average Bonchev–Trinajstić information content (AvgIpc) is 1.79. The van der Waals surface area contributed by atoms with Gasteiger partial charge in [-0.25, -0.2) is 4.79 Å². The molecule has 0 rings (SSSR count). The topological polar surface area (TPSA) is 91.7 Å². The lowest BCUT2D eigenvalue weighted by Crippen LogP contribution is -2.50. The molecule has 0 aromatic carbocycles. The quantitative estimate of drug-likeness (QED) is 0.483. The second-order valence-corrected chi connectivity index (χ2v) is 5.62. The maximum atomic E-state index is 10.8. The minimum Gasteiger partial charge on any atom is -0.477 e. The maximum Gasteiger partial charge on any atom is 0.362 e. The zero-order chi connectivity index (χ0) is 11.6. The zero-order valence-corrected chi connectivity index (χ0v) is 9.28. The third-order valence-corrected chi connectivity index (χ3v) is 2.62. The van der Waals surface area contributed by atoms with Gasteiger partial charge in [-0.3, -0.25) is 4.55 Å². The first kappa shape index (κ1) is 13.3. The lowest BCUT2D eigenvalue weighted by molar-refractivity contribution is -0.887. The number of hydrogen-bond acceptors (Lipinski definition) is 3. The molecule has 0 amide bonds. The summed E-state index contributed by atoms with van der Waals surface area (Å²) in [5, 5.41) is 8.81. The van der Waals surface area contributed by atoms with Crippen LogP contribution in [0.1, 0.15) is 6.42 Å². The lowest BCUT2D eigenvalue weighted by Gasteiger charge is -2.30. The molecule has 0 aliphatic carbocycles. The molecule has 2 N–H and O–H groups in total. The Morgan fingerprint density at radius 1 is 1.36 bits per heavy atom. The molecule has 0 fully saturated rings. The standard InChI is InChI=1S/C7H15NO5S/c1-8(2,3)6(7(9)10)4-5-14(11,12)13/h6H,4-5H2,1-3H3,(H-,9,10,11,12,13)/p+1. The highest BCUT2D eigenvalue weighted by Crippen LogP contribution is 2.09. The van der Waals surface area contributed by atoms with Crippen LogP contribution in [-0.4, -0.2) is 61.5 Å². The zero-order valence-electron chi connectivity index (χ0n) is 8.47. The van der Waals surface area contributed by atoms with E-state index in [0.717, 1.165) is 0 Å². The molecule has 1 atom stereocenters. The third-order valence-electron chi connectivity index (χ3n) is 1.87. The fourth-order valence-corrected chi connectivity index (χ4v) is 1.62. The minimum atomic E-state index is -4.09. The van der Waals surface area contributed by atoms with Gasteiger partial charge in [0.05, 0.1) is 26.9 Å². The highest BCUT2D eigenvalue weighted by Gasteiger charge is 2.32. The first-order chi connectivity index (χ1) is 6.04. The van der Waals surface area contributed by atoms with Crippen molar-refractivity contribution in [3.8, 4) is 0 Å². The molecule has 0 saturated heterocycles. The van der Waals surface area contributed by atoms with E-state index >= 15 is 0 Å². The monoisotopic (exact) mass is 226 g/mol. The van der Waals surface area contributed by atoms with E-state index in [-0.39, 0.29) is 10.9 Å². The molecule has 1 unspecified atom stereocenters. The van der Waals surface area contributed by atoms with Crippen molar-refractivity contribution in [2.24, 2.45) is 0 Å². The van der Waals surface area contributed by atoms with E-state index in [4.69, 9.17) is 9.66 Å². The molecular weight excluding hydrogens is 210 g/mol. The normalized spacial score (nSPS) is 15.1. The van der Waals surface area contributed by atoms with E-state index in [9.17, 15) is 13.2 Å². The Morgan fingerprint density at radius 3 is 2.00 bits per heavy atom. The summed E-state index contributed by atoms with van der Waals surface area (Å²) in [6, 6.07) is -0.836. The van der Waals surface area contributed by atoms with Gasteiger partial charge in [-0.15, -0.1) is 0 Å². The van der Waals surface area contributed by atoms with Gasteiger partial charge in [-0.05, 0) is 0 Å². The van der Waals surface area contributed by atoms with Crippen LogP contribution in [0.5, 0.6) is 0 Å². The number of hydrogen-bond donors (Lipinski definition) is 2. The summed E-state index contributed by atoms with van der Waals surface area (Å²) in [4.78, 5) is 10.8. The van der Waals surface area contributed by atoms with Crippen LogP contribution in [0, 0.1) is 0 Å².